The molecular weight excluding hydrogens is 294 g/mol. The first-order chi connectivity index (χ1) is 10.0. The Bertz CT molecular complexity index is 508. The number of phenolic OH excluding ortho intramolecular Hbond substituents is 1. The van der Waals surface area contributed by atoms with Crippen LogP contribution >= 0.6 is 11.6 Å². The van der Waals surface area contributed by atoms with Gasteiger partial charge in [-0.25, -0.2) is 0 Å². The van der Waals surface area contributed by atoms with Crippen molar-refractivity contribution in [2.45, 2.75) is 25.9 Å². The first-order valence-corrected chi connectivity index (χ1v) is 7.42. The fourth-order valence-corrected chi connectivity index (χ4v) is 2.87. The summed E-state index contributed by atoms with van der Waals surface area (Å²) < 4.78 is 5.35. The van der Waals surface area contributed by atoms with Gasteiger partial charge in [0.15, 0.2) is 0 Å². The van der Waals surface area contributed by atoms with Gasteiger partial charge in [0, 0.05) is 12.6 Å². The molecule has 0 bridgehead atoms. The third-order valence-electron chi connectivity index (χ3n) is 3.75. The Morgan fingerprint density at radius 1 is 1.48 bits per heavy atom. The number of aromatic hydroxyl groups is 1. The first kappa shape index (κ1) is 16.1. The van der Waals surface area contributed by atoms with Crippen molar-refractivity contribution in [3.63, 3.8) is 0 Å². The largest absolute Gasteiger partial charge is 0.506 e. The molecule has 2 atom stereocenters. The first-order valence-electron chi connectivity index (χ1n) is 7.05. The summed E-state index contributed by atoms with van der Waals surface area (Å²) in [6.07, 6.45) is 0.925. The summed E-state index contributed by atoms with van der Waals surface area (Å²) in [4.78, 5) is 13.4. The van der Waals surface area contributed by atoms with Crippen LogP contribution in [0.15, 0.2) is 18.2 Å². The molecule has 0 aliphatic carbocycles. The highest BCUT2D eigenvalue weighted by molar-refractivity contribution is 6.32. The number of carboxylic acids is 1. The lowest BCUT2D eigenvalue weighted by Crippen LogP contribution is -2.43. The fourth-order valence-electron chi connectivity index (χ4n) is 2.67. The van der Waals surface area contributed by atoms with Crippen LogP contribution in [-0.4, -0.2) is 46.9 Å². The molecule has 6 heteroatoms. The zero-order valence-corrected chi connectivity index (χ0v) is 12.7. The van der Waals surface area contributed by atoms with E-state index in [-0.39, 0.29) is 18.4 Å². The van der Waals surface area contributed by atoms with E-state index in [0.717, 1.165) is 18.5 Å². The number of phenols is 1. The summed E-state index contributed by atoms with van der Waals surface area (Å²) in [5.74, 6) is -1.26. The van der Waals surface area contributed by atoms with Crippen molar-refractivity contribution >= 4 is 17.6 Å². The highest BCUT2D eigenvalue weighted by atomic mass is 35.5. The summed E-state index contributed by atoms with van der Waals surface area (Å²) in [5.41, 5.74) is 0.947. The number of ether oxygens (including phenoxy) is 1. The van der Waals surface area contributed by atoms with Gasteiger partial charge in [-0.3, -0.25) is 9.69 Å². The molecule has 1 aliphatic rings. The Morgan fingerprint density at radius 2 is 2.24 bits per heavy atom. The normalized spacial score (nSPS) is 21.9. The van der Waals surface area contributed by atoms with Crippen molar-refractivity contribution in [3.05, 3.63) is 28.8 Å². The lowest BCUT2D eigenvalue weighted by molar-refractivity contribution is -0.143. The molecule has 5 nitrogen and oxygen atoms in total. The molecule has 2 rings (SSSR count). The van der Waals surface area contributed by atoms with E-state index >= 15 is 0 Å². The molecule has 0 radical (unpaired) electrons. The van der Waals surface area contributed by atoms with E-state index in [4.69, 9.17) is 16.3 Å². The summed E-state index contributed by atoms with van der Waals surface area (Å²) >= 11 is 5.93. The van der Waals surface area contributed by atoms with Crippen molar-refractivity contribution in [1.82, 2.24) is 4.90 Å². The van der Waals surface area contributed by atoms with Crippen LogP contribution in [0.4, 0.5) is 0 Å². The highest BCUT2D eigenvalue weighted by Gasteiger charge is 2.37. The standard InChI is InChI=1S/C15H20ClNO4/c1-2-5-17(13-9-21-8-11(13)15(19)20)7-10-3-4-14(18)12(16)6-10/h3-4,6,11,13,18H,2,5,7-9H2,1H3,(H,19,20). The molecule has 0 spiro atoms. The predicted octanol–water partition coefficient (Wildman–Crippen LogP) is 2.36. The van der Waals surface area contributed by atoms with Gasteiger partial charge in [-0.2, -0.15) is 0 Å². The molecule has 21 heavy (non-hydrogen) atoms. The summed E-state index contributed by atoms with van der Waals surface area (Å²) in [6.45, 7) is 4.13. The lowest BCUT2D eigenvalue weighted by atomic mass is 10.0. The van der Waals surface area contributed by atoms with Crippen molar-refractivity contribution < 1.29 is 19.7 Å². The van der Waals surface area contributed by atoms with Crippen LogP contribution in [0.5, 0.6) is 5.75 Å². The molecule has 1 saturated heterocycles. The Balaban J connectivity index is 2.14. The van der Waals surface area contributed by atoms with E-state index in [1.165, 1.54) is 0 Å². The monoisotopic (exact) mass is 313 g/mol. The van der Waals surface area contributed by atoms with Crippen LogP contribution in [0, 0.1) is 5.92 Å². The Morgan fingerprint density at radius 3 is 2.86 bits per heavy atom. The quantitative estimate of drug-likeness (QED) is 0.843. The molecule has 0 saturated carbocycles. The molecule has 1 heterocycles. The summed E-state index contributed by atoms with van der Waals surface area (Å²) in [5, 5.41) is 19.1. The van der Waals surface area contributed by atoms with Crippen LogP contribution in [-0.2, 0) is 16.1 Å². The maximum atomic E-state index is 11.3. The topological polar surface area (TPSA) is 70.0 Å². The Hall–Kier alpha value is -1.30. The molecule has 116 valence electrons. The van der Waals surface area contributed by atoms with Gasteiger partial charge in [0.1, 0.15) is 5.75 Å². The molecular formula is C15H20ClNO4. The van der Waals surface area contributed by atoms with E-state index in [9.17, 15) is 15.0 Å². The number of hydrogen-bond acceptors (Lipinski definition) is 4. The molecule has 1 aromatic carbocycles. The number of nitrogens with zero attached hydrogens (tertiary/aromatic N) is 1. The van der Waals surface area contributed by atoms with Crippen molar-refractivity contribution in [1.29, 1.82) is 0 Å². The van der Waals surface area contributed by atoms with Crippen LogP contribution in [0.3, 0.4) is 0 Å². The smallest absolute Gasteiger partial charge is 0.310 e. The number of carbonyl (C=O) groups is 1. The van der Waals surface area contributed by atoms with Crippen LogP contribution in [0.25, 0.3) is 0 Å². The summed E-state index contributed by atoms with van der Waals surface area (Å²) in [7, 11) is 0. The lowest BCUT2D eigenvalue weighted by Gasteiger charge is -2.30. The molecule has 1 fully saturated rings. The molecule has 2 unspecified atom stereocenters. The second-order valence-corrected chi connectivity index (χ2v) is 5.71. The van der Waals surface area contributed by atoms with E-state index in [1.807, 2.05) is 0 Å². The second-order valence-electron chi connectivity index (χ2n) is 5.31. The van der Waals surface area contributed by atoms with Gasteiger partial charge >= 0.3 is 5.97 Å². The van der Waals surface area contributed by atoms with Gasteiger partial charge in [0.2, 0.25) is 0 Å². The van der Waals surface area contributed by atoms with Gasteiger partial charge in [-0.05, 0) is 30.7 Å². The molecule has 1 aliphatic heterocycles. The highest BCUT2D eigenvalue weighted by Crippen LogP contribution is 2.26. The molecule has 0 amide bonds. The Labute approximate surface area is 129 Å². The summed E-state index contributed by atoms with van der Waals surface area (Å²) in [6, 6.07) is 4.94. The van der Waals surface area contributed by atoms with E-state index in [1.54, 1.807) is 18.2 Å². The number of halogens is 1. The van der Waals surface area contributed by atoms with Gasteiger partial charge in [-0.1, -0.05) is 24.6 Å². The minimum atomic E-state index is -0.817. The van der Waals surface area contributed by atoms with Crippen LogP contribution < -0.4 is 0 Å². The maximum Gasteiger partial charge on any atom is 0.310 e. The SMILES string of the molecule is CCCN(Cc1ccc(O)c(Cl)c1)C1COCC1C(=O)O. The molecule has 0 aromatic heterocycles. The van der Waals surface area contributed by atoms with Crippen molar-refractivity contribution in [2.24, 2.45) is 5.92 Å². The zero-order valence-electron chi connectivity index (χ0n) is 12.0. The average Bonchev–Trinajstić information content (AvgIpc) is 2.92. The van der Waals surface area contributed by atoms with E-state index in [2.05, 4.69) is 11.8 Å². The average molecular weight is 314 g/mol. The van der Waals surface area contributed by atoms with Crippen molar-refractivity contribution in [2.75, 3.05) is 19.8 Å². The van der Waals surface area contributed by atoms with E-state index in [0.29, 0.717) is 18.2 Å². The van der Waals surface area contributed by atoms with Gasteiger partial charge in [0.25, 0.3) is 0 Å². The van der Waals surface area contributed by atoms with Crippen LogP contribution in [0.1, 0.15) is 18.9 Å². The fraction of sp³-hybridized carbons (Fsp3) is 0.533. The van der Waals surface area contributed by atoms with Crippen LogP contribution in [0.2, 0.25) is 5.02 Å². The number of benzene rings is 1. The number of rotatable bonds is 6. The number of hydrogen-bond donors (Lipinski definition) is 2. The van der Waals surface area contributed by atoms with E-state index < -0.39 is 11.9 Å². The Kier molecular flexibility index (Phi) is 5.45. The van der Waals surface area contributed by atoms with Crippen molar-refractivity contribution in [3.8, 4) is 5.75 Å². The van der Waals surface area contributed by atoms with Gasteiger partial charge in [-0.15, -0.1) is 0 Å². The predicted molar refractivity (Wildman–Crippen MR) is 79.6 cm³/mol. The zero-order chi connectivity index (χ0) is 15.4. The number of carboxylic acid groups (broad SMARTS) is 1. The van der Waals surface area contributed by atoms with Gasteiger partial charge in [0.05, 0.1) is 24.2 Å². The third-order valence-corrected chi connectivity index (χ3v) is 4.05. The molecule has 2 N–H and O–H groups in total. The third kappa shape index (κ3) is 3.87. The minimum absolute atomic E-state index is 0.0510. The molecule has 1 aromatic rings. The second kappa shape index (κ2) is 7.11. The minimum Gasteiger partial charge on any atom is -0.506 e. The van der Waals surface area contributed by atoms with Gasteiger partial charge < -0.3 is 14.9 Å². The number of aliphatic carboxylic acids is 1. The maximum absolute atomic E-state index is 11.3.